The smallest absolute Gasteiger partial charge is 0.294 e. The van der Waals surface area contributed by atoms with Crippen LogP contribution >= 0.6 is 0 Å². The third kappa shape index (κ3) is 3.48. The fourth-order valence-corrected chi connectivity index (χ4v) is 2.60. The molecule has 2 aromatic rings. The third-order valence-corrected chi connectivity index (χ3v) is 3.88. The van der Waals surface area contributed by atoms with Gasteiger partial charge in [0, 0.05) is 12.1 Å². The van der Waals surface area contributed by atoms with Crippen molar-refractivity contribution < 1.29 is 14.7 Å². The molecule has 1 aliphatic heterocycles. The minimum atomic E-state index is -0.439. The van der Waals surface area contributed by atoms with Gasteiger partial charge < -0.3 is 10.0 Å². The second kappa shape index (κ2) is 6.48. The molecule has 0 aromatic heterocycles. The highest BCUT2D eigenvalue weighted by molar-refractivity contribution is 6.45. The van der Waals surface area contributed by atoms with Gasteiger partial charge in [-0.1, -0.05) is 42.5 Å². The molecule has 0 radical (unpaired) electrons. The Balaban J connectivity index is 1.69. The van der Waals surface area contributed by atoms with Crippen LogP contribution in [0.2, 0.25) is 0 Å². The number of phenolic OH excluding ortho intramolecular Hbond substituents is 1. The lowest BCUT2D eigenvalue weighted by Crippen LogP contribution is -2.29. The molecule has 3 rings (SSSR count). The number of rotatable bonds is 4. The van der Waals surface area contributed by atoms with E-state index in [1.807, 2.05) is 30.3 Å². The van der Waals surface area contributed by atoms with E-state index in [0.717, 1.165) is 17.5 Å². The number of likely N-dealkylation sites (tertiary alicyclic amines) is 1. The Morgan fingerprint density at radius 2 is 1.70 bits per heavy atom. The standard InChI is InChI=1S/C19H17NO3/c21-17-8-6-15(7-9-17)12-16-13-20(19(23)18(16)22)11-10-14-4-2-1-3-5-14/h1-9,12,21H,10-11,13H2/b16-12+. The van der Waals surface area contributed by atoms with Crippen LogP contribution in [-0.4, -0.2) is 34.8 Å². The first-order valence-corrected chi connectivity index (χ1v) is 7.50. The molecule has 1 amide bonds. The molecule has 116 valence electrons. The van der Waals surface area contributed by atoms with Crippen molar-refractivity contribution in [1.82, 2.24) is 4.90 Å². The topological polar surface area (TPSA) is 57.6 Å². The van der Waals surface area contributed by atoms with Crippen molar-refractivity contribution in [1.29, 1.82) is 0 Å². The highest BCUT2D eigenvalue weighted by Gasteiger charge is 2.33. The Bertz CT molecular complexity index is 748. The van der Waals surface area contributed by atoms with E-state index in [1.54, 1.807) is 35.2 Å². The van der Waals surface area contributed by atoms with Crippen LogP contribution in [0, 0.1) is 0 Å². The normalized spacial score (nSPS) is 16.3. The van der Waals surface area contributed by atoms with Crippen molar-refractivity contribution in [3.8, 4) is 5.75 Å². The number of benzene rings is 2. The lowest BCUT2D eigenvalue weighted by Gasteiger charge is -2.13. The first-order valence-electron chi connectivity index (χ1n) is 7.50. The summed E-state index contributed by atoms with van der Waals surface area (Å²) in [5.41, 5.74) is 2.43. The van der Waals surface area contributed by atoms with Gasteiger partial charge in [0.2, 0.25) is 5.78 Å². The number of Topliss-reactive ketones (excluding diaryl/α,β-unsaturated/α-hetero) is 1. The number of phenols is 1. The Morgan fingerprint density at radius 1 is 1.00 bits per heavy atom. The molecule has 23 heavy (non-hydrogen) atoms. The minimum Gasteiger partial charge on any atom is -0.508 e. The summed E-state index contributed by atoms with van der Waals surface area (Å²) in [5.74, 6) is -0.706. The molecule has 4 nitrogen and oxygen atoms in total. The second-order valence-corrected chi connectivity index (χ2v) is 5.55. The Hall–Kier alpha value is -2.88. The fraction of sp³-hybridized carbons (Fsp3) is 0.158. The Morgan fingerprint density at radius 3 is 2.39 bits per heavy atom. The molecule has 0 saturated carbocycles. The summed E-state index contributed by atoms with van der Waals surface area (Å²) in [7, 11) is 0. The maximum atomic E-state index is 12.1. The molecule has 1 fully saturated rings. The molecule has 1 heterocycles. The number of hydrogen-bond donors (Lipinski definition) is 1. The number of nitrogens with zero attached hydrogens (tertiary/aromatic N) is 1. The van der Waals surface area contributed by atoms with Crippen LogP contribution in [-0.2, 0) is 16.0 Å². The quantitative estimate of drug-likeness (QED) is 0.697. The Labute approximate surface area is 134 Å². The van der Waals surface area contributed by atoms with Crippen LogP contribution in [0.5, 0.6) is 5.75 Å². The molecular formula is C19H17NO3. The summed E-state index contributed by atoms with van der Waals surface area (Å²) in [6, 6.07) is 16.4. The molecule has 0 aliphatic carbocycles. The highest BCUT2D eigenvalue weighted by atomic mass is 16.3. The van der Waals surface area contributed by atoms with E-state index in [2.05, 4.69) is 0 Å². The first kappa shape index (κ1) is 15.0. The lowest BCUT2D eigenvalue weighted by atomic mass is 10.1. The van der Waals surface area contributed by atoms with Gasteiger partial charge in [-0.05, 0) is 35.8 Å². The van der Waals surface area contributed by atoms with Gasteiger partial charge in [-0.25, -0.2) is 0 Å². The summed E-state index contributed by atoms with van der Waals surface area (Å²) in [6.07, 6.45) is 2.44. The average Bonchev–Trinajstić information content (AvgIpc) is 2.84. The summed E-state index contributed by atoms with van der Waals surface area (Å²) in [6.45, 7) is 0.868. The van der Waals surface area contributed by atoms with E-state index in [-0.39, 0.29) is 5.75 Å². The van der Waals surface area contributed by atoms with Gasteiger partial charge in [0.1, 0.15) is 5.75 Å². The van der Waals surface area contributed by atoms with Crippen LogP contribution in [0.1, 0.15) is 11.1 Å². The molecule has 0 unspecified atom stereocenters. The zero-order valence-corrected chi connectivity index (χ0v) is 12.6. The van der Waals surface area contributed by atoms with Crippen LogP contribution < -0.4 is 0 Å². The van der Waals surface area contributed by atoms with E-state index in [0.29, 0.717) is 18.7 Å². The lowest BCUT2D eigenvalue weighted by molar-refractivity contribution is -0.139. The van der Waals surface area contributed by atoms with E-state index in [1.165, 1.54) is 0 Å². The maximum Gasteiger partial charge on any atom is 0.294 e. The summed E-state index contributed by atoms with van der Waals surface area (Å²) < 4.78 is 0. The van der Waals surface area contributed by atoms with E-state index in [4.69, 9.17) is 0 Å². The molecule has 1 saturated heterocycles. The molecule has 2 aromatic carbocycles. The van der Waals surface area contributed by atoms with Crippen LogP contribution in [0.15, 0.2) is 60.2 Å². The third-order valence-electron chi connectivity index (χ3n) is 3.88. The summed E-state index contributed by atoms with van der Waals surface area (Å²) >= 11 is 0. The van der Waals surface area contributed by atoms with Crippen LogP contribution in [0.25, 0.3) is 6.08 Å². The van der Waals surface area contributed by atoms with Gasteiger partial charge >= 0.3 is 0 Å². The maximum absolute atomic E-state index is 12.1. The molecule has 1 N–H and O–H groups in total. The van der Waals surface area contributed by atoms with Crippen molar-refractivity contribution in [3.05, 3.63) is 71.3 Å². The van der Waals surface area contributed by atoms with Gasteiger partial charge in [0.15, 0.2) is 0 Å². The van der Waals surface area contributed by atoms with Crippen molar-refractivity contribution in [2.45, 2.75) is 6.42 Å². The summed E-state index contributed by atoms with van der Waals surface area (Å²) in [5, 5.41) is 9.28. The van der Waals surface area contributed by atoms with Gasteiger partial charge in [-0.2, -0.15) is 0 Å². The zero-order chi connectivity index (χ0) is 16.2. The number of ketones is 1. The predicted molar refractivity (Wildman–Crippen MR) is 87.8 cm³/mol. The molecule has 0 bridgehead atoms. The van der Waals surface area contributed by atoms with Gasteiger partial charge in [-0.15, -0.1) is 0 Å². The second-order valence-electron chi connectivity index (χ2n) is 5.55. The van der Waals surface area contributed by atoms with Crippen molar-refractivity contribution in [2.75, 3.05) is 13.1 Å². The largest absolute Gasteiger partial charge is 0.508 e. The predicted octanol–water partition coefficient (Wildman–Crippen LogP) is 2.43. The molecule has 0 spiro atoms. The van der Waals surface area contributed by atoms with Crippen LogP contribution in [0.4, 0.5) is 0 Å². The van der Waals surface area contributed by atoms with Gasteiger partial charge in [-0.3, -0.25) is 9.59 Å². The fourth-order valence-electron chi connectivity index (χ4n) is 2.60. The molecule has 1 aliphatic rings. The summed E-state index contributed by atoms with van der Waals surface area (Å²) in [4.78, 5) is 25.8. The van der Waals surface area contributed by atoms with E-state index in [9.17, 15) is 14.7 Å². The average molecular weight is 307 g/mol. The van der Waals surface area contributed by atoms with E-state index >= 15 is 0 Å². The SMILES string of the molecule is O=C1C(=O)N(CCc2ccccc2)C/C1=C\c1ccc(O)cc1. The number of amides is 1. The van der Waals surface area contributed by atoms with Crippen molar-refractivity contribution in [3.63, 3.8) is 0 Å². The van der Waals surface area contributed by atoms with Crippen molar-refractivity contribution in [2.24, 2.45) is 0 Å². The number of carbonyl (C=O) groups is 2. The van der Waals surface area contributed by atoms with Gasteiger partial charge in [0.25, 0.3) is 5.91 Å². The zero-order valence-electron chi connectivity index (χ0n) is 12.6. The number of carbonyl (C=O) groups excluding carboxylic acids is 2. The van der Waals surface area contributed by atoms with E-state index < -0.39 is 11.7 Å². The first-order chi connectivity index (χ1) is 11.1. The number of aromatic hydroxyl groups is 1. The van der Waals surface area contributed by atoms with Crippen LogP contribution in [0.3, 0.4) is 0 Å². The van der Waals surface area contributed by atoms with Crippen molar-refractivity contribution >= 4 is 17.8 Å². The molecular weight excluding hydrogens is 290 g/mol. The molecule has 4 heteroatoms. The Kier molecular flexibility index (Phi) is 4.24. The number of hydrogen-bond acceptors (Lipinski definition) is 3. The monoisotopic (exact) mass is 307 g/mol. The highest BCUT2D eigenvalue weighted by Crippen LogP contribution is 2.19. The molecule has 0 atom stereocenters. The van der Waals surface area contributed by atoms with Gasteiger partial charge in [0.05, 0.1) is 6.54 Å². The minimum absolute atomic E-state index is 0.172.